The van der Waals surface area contributed by atoms with Crippen LogP contribution in [-0.4, -0.2) is 18.6 Å². The zero-order valence-electron chi connectivity index (χ0n) is 10.7. The SMILES string of the molecule is COc1ccccc1CCNc1nc(Cl)ccc1N. The molecule has 2 aromatic rings. The maximum atomic E-state index is 5.83. The van der Waals surface area contributed by atoms with Gasteiger partial charge in [0.1, 0.15) is 10.9 Å². The monoisotopic (exact) mass is 277 g/mol. The quantitative estimate of drug-likeness (QED) is 0.825. The van der Waals surface area contributed by atoms with Gasteiger partial charge in [-0.1, -0.05) is 29.8 Å². The van der Waals surface area contributed by atoms with Crippen molar-refractivity contribution in [3.05, 3.63) is 47.1 Å². The van der Waals surface area contributed by atoms with Crippen molar-refractivity contribution in [3.8, 4) is 5.75 Å². The zero-order chi connectivity index (χ0) is 13.7. The van der Waals surface area contributed by atoms with Gasteiger partial charge in [-0.25, -0.2) is 4.98 Å². The molecular weight excluding hydrogens is 262 g/mol. The molecule has 0 aliphatic rings. The first-order chi connectivity index (χ1) is 9.20. The lowest BCUT2D eigenvalue weighted by Crippen LogP contribution is -2.09. The Hall–Kier alpha value is -1.94. The molecule has 4 nitrogen and oxygen atoms in total. The summed E-state index contributed by atoms with van der Waals surface area (Å²) in [6.45, 7) is 0.706. The third kappa shape index (κ3) is 3.51. The van der Waals surface area contributed by atoms with E-state index in [1.54, 1.807) is 19.2 Å². The fourth-order valence-electron chi connectivity index (χ4n) is 1.81. The molecule has 0 amide bonds. The molecular formula is C14H16ClN3O. The largest absolute Gasteiger partial charge is 0.496 e. The lowest BCUT2D eigenvalue weighted by Gasteiger charge is -2.10. The predicted molar refractivity (Wildman–Crippen MR) is 78.8 cm³/mol. The van der Waals surface area contributed by atoms with Crippen LogP contribution in [0.4, 0.5) is 11.5 Å². The van der Waals surface area contributed by atoms with Crippen molar-refractivity contribution < 1.29 is 4.74 Å². The van der Waals surface area contributed by atoms with Crippen LogP contribution in [0, 0.1) is 0 Å². The number of anilines is 2. The lowest BCUT2D eigenvalue weighted by molar-refractivity contribution is 0.410. The number of pyridine rings is 1. The molecule has 0 unspecified atom stereocenters. The molecule has 0 saturated carbocycles. The number of para-hydroxylation sites is 1. The summed E-state index contributed by atoms with van der Waals surface area (Å²) < 4.78 is 5.30. The summed E-state index contributed by atoms with van der Waals surface area (Å²) in [6, 6.07) is 11.3. The lowest BCUT2D eigenvalue weighted by atomic mass is 10.1. The average Bonchev–Trinajstić information content (AvgIpc) is 2.43. The normalized spacial score (nSPS) is 10.2. The van der Waals surface area contributed by atoms with Crippen molar-refractivity contribution in [3.63, 3.8) is 0 Å². The molecule has 0 aliphatic carbocycles. The van der Waals surface area contributed by atoms with Gasteiger partial charge in [0.05, 0.1) is 12.8 Å². The molecule has 0 bridgehead atoms. The summed E-state index contributed by atoms with van der Waals surface area (Å²) in [5.74, 6) is 1.50. The van der Waals surface area contributed by atoms with E-state index in [1.807, 2.05) is 24.3 Å². The highest BCUT2D eigenvalue weighted by Gasteiger charge is 2.04. The highest BCUT2D eigenvalue weighted by atomic mass is 35.5. The number of nitrogens with one attached hydrogen (secondary N) is 1. The fraction of sp³-hybridized carbons (Fsp3) is 0.214. The van der Waals surface area contributed by atoms with Crippen LogP contribution in [0.2, 0.25) is 5.15 Å². The molecule has 0 saturated heterocycles. The highest BCUT2D eigenvalue weighted by Crippen LogP contribution is 2.20. The Labute approximate surface area is 117 Å². The van der Waals surface area contributed by atoms with Crippen LogP contribution < -0.4 is 15.8 Å². The van der Waals surface area contributed by atoms with Crippen LogP contribution in [0.25, 0.3) is 0 Å². The standard InChI is InChI=1S/C14H16ClN3O/c1-19-12-5-3-2-4-10(12)8-9-17-14-11(16)6-7-13(15)18-14/h2-7H,8-9,16H2,1H3,(H,17,18). The van der Waals surface area contributed by atoms with Gasteiger partial charge < -0.3 is 15.8 Å². The fourth-order valence-corrected chi connectivity index (χ4v) is 1.96. The number of hydrogen-bond acceptors (Lipinski definition) is 4. The predicted octanol–water partition coefficient (Wildman–Crippen LogP) is 2.98. The van der Waals surface area contributed by atoms with E-state index in [1.165, 1.54) is 0 Å². The number of methoxy groups -OCH3 is 1. The number of nitrogens with two attached hydrogens (primary N) is 1. The van der Waals surface area contributed by atoms with Gasteiger partial charge in [0.2, 0.25) is 0 Å². The number of halogens is 1. The van der Waals surface area contributed by atoms with Crippen LogP contribution in [0.3, 0.4) is 0 Å². The topological polar surface area (TPSA) is 60.2 Å². The minimum atomic E-state index is 0.425. The van der Waals surface area contributed by atoms with Gasteiger partial charge in [0.25, 0.3) is 0 Å². The van der Waals surface area contributed by atoms with E-state index in [2.05, 4.69) is 10.3 Å². The first kappa shape index (κ1) is 13.5. The molecule has 0 atom stereocenters. The second kappa shape index (κ2) is 6.29. The molecule has 0 aliphatic heterocycles. The number of nitrogen functional groups attached to an aromatic ring is 1. The Morgan fingerprint density at radius 2 is 2.05 bits per heavy atom. The number of hydrogen-bond donors (Lipinski definition) is 2. The second-order valence-electron chi connectivity index (χ2n) is 4.06. The zero-order valence-corrected chi connectivity index (χ0v) is 11.4. The number of nitrogens with zero attached hydrogens (tertiary/aromatic N) is 1. The molecule has 19 heavy (non-hydrogen) atoms. The van der Waals surface area contributed by atoms with E-state index >= 15 is 0 Å². The molecule has 0 spiro atoms. The van der Waals surface area contributed by atoms with Gasteiger partial charge in [-0.3, -0.25) is 0 Å². The minimum Gasteiger partial charge on any atom is -0.496 e. The molecule has 1 aromatic carbocycles. The third-order valence-corrected chi connectivity index (χ3v) is 2.98. The maximum absolute atomic E-state index is 5.83. The van der Waals surface area contributed by atoms with Crippen molar-refractivity contribution in [2.75, 3.05) is 24.7 Å². The Kier molecular flexibility index (Phi) is 4.47. The van der Waals surface area contributed by atoms with E-state index in [4.69, 9.17) is 22.1 Å². The average molecular weight is 278 g/mol. The van der Waals surface area contributed by atoms with Crippen molar-refractivity contribution in [1.29, 1.82) is 0 Å². The van der Waals surface area contributed by atoms with Gasteiger partial charge in [-0.05, 0) is 30.2 Å². The molecule has 3 N–H and O–H groups in total. The molecule has 2 rings (SSSR count). The molecule has 5 heteroatoms. The van der Waals surface area contributed by atoms with Crippen molar-refractivity contribution >= 4 is 23.1 Å². The van der Waals surface area contributed by atoms with Crippen LogP contribution >= 0.6 is 11.6 Å². The summed E-state index contributed by atoms with van der Waals surface area (Å²) in [6.07, 6.45) is 0.817. The van der Waals surface area contributed by atoms with Crippen molar-refractivity contribution in [2.45, 2.75) is 6.42 Å². The molecule has 0 radical (unpaired) electrons. The van der Waals surface area contributed by atoms with E-state index in [0.29, 0.717) is 23.2 Å². The summed E-state index contributed by atoms with van der Waals surface area (Å²) in [5.41, 5.74) is 7.54. The Morgan fingerprint density at radius 3 is 2.84 bits per heavy atom. The van der Waals surface area contributed by atoms with E-state index in [9.17, 15) is 0 Å². The maximum Gasteiger partial charge on any atom is 0.150 e. The van der Waals surface area contributed by atoms with Crippen LogP contribution in [0.15, 0.2) is 36.4 Å². The van der Waals surface area contributed by atoms with Crippen molar-refractivity contribution in [1.82, 2.24) is 4.98 Å². The number of ether oxygens (including phenoxy) is 1. The summed E-state index contributed by atoms with van der Waals surface area (Å²) in [5, 5.41) is 3.60. The Morgan fingerprint density at radius 1 is 1.26 bits per heavy atom. The molecule has 100 valence electrons. The first-order valence-corrected chi connectivity index (χ1v) is 6.36. The van der Waals surface area contributed by atoms with Gasteiger partial charge in [-0.15, -0.1) is 0 Å². The van der Waals surface area contributed by atoms with Crippen LogP contribution in [-0.2, 0) is 6.42 Å². The minimum absolute atomic E-state index is 0.425. The number of rotatable bonds is 5. The number of aromatic nitrogens is 1. The van der Waals surface area contributed by atoms with E-state index < -0.39 is 0 Å². The number of benzene rings is 1. The highest BCUT2D eigenvalue weighted by molar-refractivity contribution is 6.29. The molecule has 0 fully saturated rings. The van der Waals surface area contributed by atoms with Gasteiger partial charge in [0, 0.05) is 6.54 Å². The van der Waals surface area contributed by atoms with E-state index in [-0.39, 0.29) is 0 Å². The first-order valence-electron chi connectivity index (χ1n) is 5.98. The summed E-state index contributed by atoms with van der Waals surface area (Å²) >= 11 is 5.83. The molecule has 1 aromatic heterocycles. The van der Waals surface area contributed by atoms with Crippen molar-refractivity contribution in [2.24, 2.45) is 0 Å². The van der Waals surface area contributed by atoms with E-state index in [0.717, 1.165) is 17.7 Å². The van der Waals surface area contributed by atoms with Gasteiger partial charge >= 0.3 is 0 Å². The second-order valence-corrected chi connectivity index (χ2v) is 4.45. The Balaban J connectivity index is 1.98. The van der Waals surface area contributed by atoms with Gasteiger partial charge in [0.15, 0.2) is 5.82 Å². The van der Waals surface area contributed by atoms with Crippen LogP contribution in [0.5, 0.6) is 5.75 Å². The summed E-state index contributed by atoms with van der Waals surface area (Å²) in [4.78, 5) is 4.14. The summed E-state index contributed by atoms with van der Waals surface area (Å²) in [7, 11) is 1.67. The Bertz CT molecular complexity index is 560. The van der Waals surface area contributed by atoms with Crippen LogP contribution in [0.1, 0.15) is 5.56 Å². The smallest absolute Gasteiger partial charge is 0.150 e. The van der Waals surface area contributed by atoms with Gasteiger partial charge in [-0.2, -0.15) is 0 Å². The molecule has 1 heterocycles. The third-order valence-electron chi connectivity index (χ3n) is 2.77.